The number of pyridine rings is 1. The van der Waals surface area contributed by atoms with Crippen LogP contribution in [0.1, 0.15) is 36.7 Å². The summed E-state index contributed by atoms with van der Waals surface area (Å²) in [5.74, 6) is -0.766. The third-order valence-electron chi connectivity index (χ3n) is 5.40. The molecule has 178 valence electrons. The summed E-state index contributed by atoms with van der Waals surface area (Å²) in [6, 6.07) is 23.8. The lowest BCUT2D eigenvalue weighted by molar-refractivity contribution is -0.134. The van der Waals surface area contributed by atoms with Crippen LogP contribution < -0.4 is 16.4 Å². The molecule has 0 aliphatic rings. The van der Waals surface area contributed by atoms with Crippen LogP contribution in [0, 0.1) is 0 Å². The van der Waals surface area contributed by atoms with Crippen molar-refractivity contribution in [2.45, 2.75) is 44.5 Å². The largest absolute Gasteiger partial charge is 0.375 e. The molecule has 0 bridgehead atoms. The van der Waals surface area contributed by atoms with E-state index in [0.29, 0.717) is 13.0 Å². The Morgan fingerprint density at radius 2 is 1.62 bits per heavy atom. The summed E-state index contributed by atoms with van der Waals surface area (Å²) in [7, 11) is 0. The minimum absolute atomic E-state index is 0.0464. The van der Waals surface area contributed by atoms with Crippen LogP contribution >= 0.6 is 0 Å². The van der Waals surface area contributed by atoms with Gasteiger partial charge in [0.1, 0.15) is 11.6 Å². The second kappa shape index (κ2) is 12.1. The number of carbonyl (C=O) groups is 2. The molecule has 0 fully saturated rings. The zero-order chi connectivity index (χ0) is 24.4. The van der Waals surface area contributed by atoms with Gasteiger partial charge in [-0.2, -0.15) is 0 Å². The molecule has 4 N–H and O–H groups in total. The Bertz CT molecular complexity index is 1040. The van der Waals surface area contributed by atoms with Crippen LogP contribution in [0.2, 0.25) is 0 Å². The Morgan fingerprint density at radius 1 is 0.971 bits per heavy atom. The molecule has 2 unspecified atom stereocenters. The Balaban J connectivity index is 1.58. The van der Waals surface area contributed by atoms with E-state index in [-0.39, 0.29) is 18.6 Å². The lowest BCUT2D eigenvalue weighted by atomic mass is 9.98. The maximum atomic E-state index is 13.2. The van der Waals surface area contributed by atoms with Crippen LogP contribution in [0.25, 0.3) is 0 Å². The molecular formula is C27H32N4O3. The minimum atomic E-state index is -1.18. The second-order valence-corrected chi connectivity index (χ2v) is 8.68. The Hall–Kier alpha value is -3.55. The number of hydrogen-bond donors (Lipinski definition) is 3. The third kappa shape index (κ3) is 7.50. The van der Waals surface area contributed by atoms with Crippen molar-refractivity contribution < 1.29 is 14.3 Å². The summed E-state index contributed by atoms with van der Waals surface area (Å²) in [6.45, 7) is 3.71. The van der Waals surface area contributed by atoms with Gasteiger partial charge in [0.25, 0.3) is 0 Å². The van der Waals surface area contributed by atoms with Crippen LogP contribution in [-0.2, 0) is 27.4 Å². The monoisotopic (exact) mass is 460 g/mol. The fourth-order valence-electron chi connectivity index (χ4n) is 3.42. The van der Waals surface area contributed by atoms with E-state index in [1.165, 1.54) is 0 Å². The van der Waals surface area contributed by atoms with E-state index < -0.39 is 17.5 Å². The molecule has 34 heavy (non-hydrogen) atoms. The van der Waals surface area contributed by atoms with Crippen LogP contribution in [0.3, 0.4) is 0 Å². The Kier molecular flexibility index (Phi) is 8.90. The second-order valence-electron chi connectivity index (χ2n) is 8.68. The normalized spacial score (nSPS) is 13.0. The topological polar surface area (TPSA) is 106 Å². The van der Waals surface area contributed by atoms with E-state index >= 15 is 0 Å². The van der Waals surface area contributed by atoms with E-state index in [2.05, 4.69) is 15.6 Å². The molecule has 3 rings (SSSR count). The summed E-state index contributed by atoms with van der Waals surface area (Å²) in [5, 5.41) is 5.82. The van der Waals surface area contributed by atoms with E-state index in [9.17, 15) is 9.59 Å². The summed E-state index contributed by atoms with van der Waals surface area (Å²) in [5.41, 5.74) is 7.64. The highest BCUT2D eigenvalue weighted by Crippen LogP contribution is 2.19. The van der Waals surface area contributed by atoms with Crippen LogP contribution in [0.5, 0.6) is 0 Å². The first-order chi connectivity index (χ1) is 16.3. The Morgan fingerprint density at radius 3 is 2.26 bits per heavy atom. The predicted molar refractivity (Wildman–Crippen MR) is 132 cm³/mol. The third-order valence-corrected chi connectivity index (χ3v) is 5.40. The molecule has 2 aromatic carbocycles. The molecule has 0 radical (unpaired) electrons. The Labute approximate surface area is 200 Å². The number of aromatic nitrogens is 1. The van der Waals surface area contributed by atoms with Gasteiger partial charge in [0.2, 0.25) is 11.8 Å². The van der Waals surface area contributed by atoms with Gasteiger partial charge >= 0.3 is 0 Å². The molecule has 1 heterocycles. The highest BCUT2D eigenvalue weighted by molar-refractivity contribution is 5.92. The van der Waals surface area contributed by atoms with Crippen molar-refractivity contribution in [3.63, 3.8) is 0 Å². The van der Waals surface area contributed by atoms with E-state index in [0.717, 1.165) is 16.8 Å². The number of hydrogen-bond acceptors (Lipinski definition) is 5. The maximum absolute atomic E-state index is 13.2. The van der Waals surface area contributed by atoms with Gasteiger partial charge in [-0.1, -0.05) is 66.7 Å². The van der Waals surface area contributed by atoms with Gasteiger partial charge in [-0.15, -0.1) is 0 Å². The molecule has 0 aliphatic heterocycles. The van der Waals surface area contributed by atoms with Crippen LogP contribution in [-0.4, -0.2) is 35.0 Å². The lowest BCUT2D eigenvalue weighted by Gasteiger charge is -2.29. The molecular weight excluding hydrogens is 428 g/mol. The highest BCUT2D eigenvalue weighted by atomic mass is 16.5. The minimum Gasteiger partial charge on any atom is -0.375 e. The van der Waals surface area contributed by atoms with Crippen molar-refractivity contribution >= 4 is 11.8 Å². The number of ether oxygens (including phenoxy) is 1. The number of nitrogens with zero attached hydrogens (tertiary/aromatic N) is 1. The number of benzene rings is 2. The van der Waals surface area contributed by atoms with Crippen molar-refractivity contribution in [2.75, 3.05) is 6.61 Å². The maximum Gasteiger partial charge on any atom is 0.245 e. The molecule has 7 nitrogen and oxygen atoms in total. The highest BCUT2D eigenvalue weighted by Gasteiger charge is 2.33. The number of rotatable bonds is 11. The first-order valence-electron chi connectivity index (χ1n) is 11.3. The van der Waals surface area contributed by atoms with Crippen LogP contribution in [0.4, 0.5) is 0 Å². The van der Waals surface area contributed by atoms with Crippen molar-refractivity contribution in [2.24, 2.45) is 5.73 Å². The molecule has 1 aromatic heterocycles. The zero-order valence-corrected chi connectivity index (χ0v) is 19.6. The first kappa shape index (κ1) is 25.1. The van der Waals surface area contributed by atoms with Crippen molar-refractivity contribution in [1.29, 1.82) is 0 Å². The quantitative estimate of drug-likeness (QED) is 0.408. The molecule has 0 saturated heterocycles. The fraction of sp³-hybridized carbons (Fsp3) is 0.296. The van der Waals surface area contributed by atoms with E-state index in [1.807, 2.05) is 78.9 Å². The summed E-state index contributed by atoms with van der Waals surface area (Å²) >= 11 is 0. The molecule has 0 saturated carbocycles. The van der Waals surface area contributed by atoms with Gasteiger partial charge < -0.3 is 21.1 Å². The molecule has 3 aromatic rings. The van der Waals surface area contributed by atoms with Gasteiger partial charge in [0, 0.05) is 18.3 Å². The summed E-state index contributed by atoms with van der Waals surface area (Å²) in [4.78, 5) is 30.2. The predicted octanol–water partition coefficient (Wildman–Crippen LogP) is 2.92. The van der Waals surface area contributed by atoms with Crippen molar-refractivity contribution in [3.05, 3.63) is 102 Å². The molecule has 2 amide bonds. The SMILES string of the molecule is CC(C)(NC(=O)C(N)COCc1ccccc1)C(=O)NC(Cc1ccccn1)c1ccccc1. The summed E-state index contributed by atoms with van der Waals surface area (Å²) in [6.07, 6.45) is 2.25. The molecule has 2 atom stereocenters. The fourth-order valence-corrected chi connectivity index (χ4v) is 3.42. The van der Waals surface area contributed by atoms with Crippen LogP contribution in [0.15, 0.2) is 85.1 Å². The van der Waals surface area contributed by atoms with Crippen molar-refractivity contribution in [3.8, 4) is 0 Å². The number of nitrogens with one attached hydrogen (secondary N) is 2. The molecule has 7 heteroatoms. The van der Waals surface area contributed by atoms with E-state index in [1.54, 1.807) is 20.0 Å². The summed E-state index contributed by atoms with van der Waals surface area (Å²) < 4.78 is 5.57. The number of carbonyl (C=O) groups excluding carboxylic acids is 2. The van der Waals surface area contributed by atoms with Gasteiger partial charge in [0.15, 0.2) is 0 Å². The average Bonchev–Trinajstić information content (AvgIpc) is 2.85. The van der Waals surface area contributed by atoms with Gasteiger partial charge in [-0.05, 0) is 37.1 Å². The van der Waals surface area contributed by atoms with Gasteiger partial charge in [-0.3, -0.25) is 14.6 Å². The van der Waals surface area contributed by atoms with Gasteiger partial charge in [0.05, 0.1) is 19.3 Å². The zero-order valence-electron chi connectivity index (χ0n) is 19.6. The van der Waals surface area contributed by atoms with Crippen molar-refractivity contribution in [1.82, 2.24) is 15.6 Å². The lowest BCUT2D eigenvalue weighted by Crippen LogP contribution is -2.59. The van der Waals surface area contributed by atoms with Gasteiger partial charge in [-0.25, -0.2) is 0 Å². The average molecular weight is 461 g/mol. The molecule has 0 aliphatic carbocycles. The first-order valence-corrected chi connectivity index (χ1v) is 11.3. The number of amides is 2. The standard InChI is InChI=1S/C27H32N4O3/c1-27(2,31-25(32)23(28)19-34-18-20-11-5-3-6-12-20)26(33)30-24(21-13-7-4-8-14-21)17-22-15-9-10-16-29-22/h3-16,23-24H,17-19,28H2,1-2H3,(H,30,33)(H,31,32). The molecule has 0 spiro atoms. The number of nitrogens with two attached hydrogens (primary N) is 1. The smallest absolute Gasteiger partial charge is 0.245 e. The van der Waals surface area contributed by atoms with E-state index in [4.69, 9.17) is 10.5 Å².